The highest BCUT2D eigenvalue weighted by Crippen LogP contribution is 2.22. The number of hydrogen-bond acceptors (Lipinski definition) is 3. The summed E-state index contributed by atoms with van der Waals surface area (Å²) in [6.45, 7) is 5.38. The maximum atomic E-state index is 12.4. The van der Waals surface area contributed by atoms with Gasteiger partial charge >= 0.3 is 0 Å². The minimum absolute atomic E-state index is 0.250. The van der Waals surface area contributed by atoms with Crippen molar-refractivity contribution in [2.24, 2.45) is 5.92 Å². The number of nitrogens with zero attached hydrogens (tertiary/aromatic N) is 3. The molecule has 0 saturated carbocycles. The zero-order valence-electron chi connectivity index (χ0n) is 15.2. The Morgan fingerprint density at radius 1 is 1.28 bits per heavy atom. The molecule has 136 valence electrons. The topological polar surface area (TPSA) is 53.5 Å². The van der Waals surface area contributed by atoms with Gasteiger partial charge in [0.1, 0.15) is 0 Å². The van der Waals surface area contributed by atoms with Crippen molar-refractivity contribution >= 4 is 11.8 Å². The van der Waals surface area contributed by atoms with E-state index in [1.165, 1.54) is 5.56 Å². The summed E-state index contributed by atoms with van der Waals surface area (Å²) in [5.74, 6) is 1.16. The van der Waals surface area contributed by atoms with Gasteiger partial charge in [-0.25, -0.2) is 0 Å². The lowest BCUT2D eigenvalue weighted by Gasteiger charge is -2.32. The summed E-state index contributed by atoms with van der Waals surface area (Å²) < 4.78 is 0. The molecule has 2 aliphatic rings. The zero-order chi connectivity index (χ0) is 17.6. The number of amides is 2. The average Bonchev–Trinajstić information content (AvgIpc) is 3.01. The van der Waals surface area contributed by atoms with E-state index in [1.54, 1.807) is 0 Å². The highest BCUT2D eigenvalue weighted by molar-refractivity contribution is 5.78. The second-order valence-electron chi connectivity index (χ2n) is 7.42. The molecule has 0 unspecified atom stereocenters. The van der Waals surface area contributed by atoms with E-state index >= 15 is 0 Å². The Labute approximate surface area is 150 Å². The molecule has 5 heteroatoms. The van der Waals surface area contributed by atoms with Gasteiger partial charge in [0.05, 0.1) is 0 Å². The molecule has 0 N–H and O–H groups in total. The van der Waals surface area contributed by atoms with E-state index in [0.717, 1.165) is 64.0 Å². The quantitative estimate of drug-likeness (QED) is 0.798. The van der Waals surface area contributed by atoms with Gasteiger partial charge in [0.25, 0.3) is 0 Å². The summed E-state index contributed by atoms with van der Waals surface area (Å²) in [7, 11) is 0. The van der Waals surface area contributed by atoms with Crippen LogP contribution >= 0.6 is 0 Å². The average molecular weight is 343 g/mol. The molecule has 1 aromatic rings. The molecule has 0 atom stereocenters. The van der Waals surface area contributed by atoms with Crippen molar-refractivity contribution in [3.63, 3.8) is 0 Å². The Bertz CT molecular complexity index is 609. The zero-order valence-corrected chi connectivity index (χ0v) is 15.2. The van der Waals surface area contributed by atoms with Crippen molar-refractivity contribution in [3.05, 3.63) is 29.6 Å². The molecule has 2 saturated heterocycles. The molecule has 2 amide bonds. The third-order valence-corrected chi connectivity index (χ3v) is 5.44. The summed E-state index contributed by atoms with van der Waals surface area (Å²) in [5.41, 5.74) is 2.43. The van der Waals surface area contributed by atoms with Gasteiger partial charge in [0.2, 0.25) is 11.8 Å². The molecule has 2 aliphatic heterocycles. The molecule has 0 bridgehead atoms. The van der Waals surface area contributed by atoms with E-state index in [2.05, 4.69) is 17.1 Å². The van der Waals surface area contributed by atoms with Crippen LogP contribution in [0.3, 0.4) is 0 Å². The number of carbonyl (C=O) groups excluding carboxylic acids is 2. The van der Waals surface area contributed by atoms with Gasteiger partial charge in [-0.3, -0.25) is 14.6 Å². The second-order valence-corrected chi connectivity index (χ2v) is 7.42. The largest absolute Gasteiger partial charge is 0.343 e. The fraction of sp³-hybridized carbons (Fsp3) is 0.650. The van der Waals surface area contributed by atoms with Gasteiger partial charge in [0, 0.05) is 50.9 Å². The fourth-order valence-corrected chi connectivity index (χ4v) is 3.97. The number of pyridine rings is 1. The molecule has 1 aromatic heterocycles. The van der Waals surface area contributed by atoms with E-state index in [9.17, 15) is 9.59 Å². The number of rotatable bonds is 6. The van der Waals surface area contributed by atoms with E-state index < -0.39 is 0 Å². The van der Waals surface area contributed by atoms with Crippen molar-refractivity contribution in [2.75, 3.05) is 26.2 Å². The number of hydrogen-bond donors (Lipinski definition) is 0. The molecule has 25 heavy (non-hydrogen) atoms. The van der Waals surface area contributed by atoms with E-state index in [4.69, 9.17) is 0 Å². The Morgan fingerprint density at radius 2 is 2.08 bits per heavy atom. The lowest BCUT2D eigenvalue weighted by Crippen LogP contribution is -2.39. The minimum atomic E-state index is 0.250. The van der Waals surface area contributed by atoms with Crippen LogP contribution < -0.4 is 0 Å². The molecule has 3 rings (SSSR count). The lowest BCUT2D eigenvalue weighted by molar-refractivity contribution is -0.133. The van der Waals surface area contributed by atoms with Crippen LogP contribution in [0.25, 0.3) is 0 Å². The monoisotopic (exact) mass is 343 g/mol. The van der Waals surface area contributed by atoms with Crippen LogP contribution in [-0.4, -0.2) is 52.8 Å². The Balaban J connectivity index is 1.36. The van der Waals surface area contributed by atoms with Crippen molar-refractivity contribution in [1.29, 1.82) is 0 Å². The van der Waals surface area contributed by atoms with E-state index in [-0.39, 0.29) is 11.8 Å². The van der Waals surface area contributed by atoms with Gasteiger partial charge in [-0.15, -0.1) is 0 Å². The van der Waals surface area contributed by atoms with Gasteiger partial charge in [-0.1, -0.05) is 0 Å². The molecule has 5 nitrogen and oxygen atoms in total. The maximum Gasteiger partial charge on any atom is 0.222 e. The van der Waals surface area contributed by atoms with Crippen LogP contribution in [0.15, 0.2) is 18.3 Å². The molecular weight excluding hydrogens is 314 g/mol. The SMILES string of the molecule is Cc1cc(CC2CCN(C(=O)CCCN3CCCC3=O)CC2)ccn1. The summed E-state index contributed by atoms with van der Waals surface area (Å²) in [6.07, 6.45) is 8.14. The number of aryl methyl sites for hydroxylation is 1. The molecule has 0 radical (unpaired) electrons. The molecular formula is C20H29N3O2. The van der Waals surface area contributed by atoms with Crippen LogP contribution in [-0.2, 0) is 16.0 Å². The summed E-state index contributed by atoms with van der Waals surface area (Å²) in [6, 6.07) is 4.27. The first-order valence-electron chi connectivity index (χ1n) is 9.59. The summed E-state index contributed by atoms with van der Waals surface area (Å²) >= 11 is 0. The number of carbonyl (C=O) groups is 2. The standard InChI is InChI=1S/C20H29N3O2/c1-16-14-18(6-9-21-16)15-17-7-12-23(13-8-17)20(25)5-3-11-22-10-2-4-19(22)24/h6,9,14,17H,2-5,7-8,10-13,15H2,1H3. The first-order chi connectivity index (χ1) is 12.1. The predicted molar refractivity (Wildman–Crippen MR) is 97.0 cm³/mol. The summed E-state index contributed by atoms with van der Waals surface area (Å²) in [5, 5.41) is 0. The highest BCUT2D eigenvalue weighted by Gasteiger charge is 2.24. The third kappa shape index (κ3) is 5.03. The first-order valence-corrected chi connectivity index (χ1v) is 9.59. The molecule has 0 spiro atoms. The second kappa shape index (κ2) is 8.45. The smallest absolute Gasteiger partial charge is 0.222 e. The Morgan fingerprint density at radius 3 is 2.76 bits per heavy atom. The predicted octanol–water partition coefficient (Wildman–Crippen LogP) is 2.57. The van der Waals surface area contributed by atoms with Crippen LogP contribution in [0.4, 0.5) is 0 Å². The highest BCUT2D eigenvalue weighted by atomic mass is 16.2. The first kappa shape index (κ1) is 17.9. The number of aromatic nitrogens is 1. The third-order valence-electron chi connectivity index (χ3n) is 5.44. The van der Waals surface area contributed by atoms with Gasteiger partial charge in [-0.2, -0.15) is 0 Å². The fourth-order valence-electron chi connectivity index (χ4n) is 3.97. The Kier molecular flexibility index (Phi) is 6.05. The molecule has 0 aromatic carbocycles. The van der Waals surface area contributed by atoms with Crippen LogP contribution in [0.2, 0.25) is 0 Å². The minimum Gasteiger partial charge on any atom is -0.343 e. The van der Waals surface area contributed by atoms with Crippen molar-refractivity contribution in [1.82, 2.24) is 14.8 Å². The molecule has 3 heterocycles. The number of piperidine rings is 1. The maximum absolute atomic E-state index is 12.4. The number of likely N-dealkylation sites (tertiary alicyclic amines) is 2. The van der Waals surface area contributed by atoms with E-state index in [0.29, 0.717) is 18.8 Å². The van der Waals surface area contributed by atoms with Gasteiger partial charge in [-0.05, 0) is 62.6 Å². The van der Waals surface area contributed by atoms with Crippen molar-refractivity contribution in [3.8, 4) is 0 Å². The van der Waals surface area contributed by atoms with Crippen molar-refractivity contribution in [2.45, 2.75) is 51.9 Å². The van der Waals surface area contributed by atoms with E-state index in [1.807, 2.05) is 22.9 Å². The normalized spacial score (nSPS) is 18.8. The lowest BCUT2D eigenvalue weighted by atomic mass is 9.90. The van der Waals surface area contributed by atoms with Gasteiger partial charge < -0.3 is 9.80 Å². The van der Waals surface area contributed by atoms with Crippen LogP contribution in [0.1, 0.15) is 49.8 Å². The van der Waals surface area contributed by atoms with Crippen molar-refractivity contribution < 1.29 is 9.59 Å². The van der Waals surface area contributed by atoms with Crippen LogP contribution in [0.5, 0.6) is 0 Å². The summed E-state index contributed by atoms with van der Waals surface area (Å²) in [4.78, 5) is 32.1. The Hall–Kier alpha value is -1.91. The molecule has 0 aliphatic carbocycles. The molecule has 2 fully saturated rings. The van der Waals surface area contributed by atoms with Gasteiger partial charge in [0.15, 0.2) is 0 Å². The van der Waals surface area contributed by atoms with Crippen LogP contribution in [0, 0.1) is 12.8 Å².